The minimum absolute atomic E-state index is 0.727. The predicted octanol–water partition coefficient (Wildman–Crippen LogP) is 3.62. The third-order valence-corrected chi connectivity index (χ3v) is 4.24. The van der Waals surface area contributed by atoms with Gasteiger partial charge in [-0.3, -0.25) is 0 Å². The van der Waals surface area contributed by atoms with Crippen LogP contribution in [0.1, 0.15) is 5.56 Å². The highest BCUT2D eigenvalue weighted by atomic mass is 35.5. The van der Waals surface area contributed by atoms with Crippen molar-refractivity contribution in [3.8, 4) is 11.4 Å². The Bertz CT molecular complexity index is 760. The first-order valence-electron chi connectivity index (χ1n) is 6.56. The molecule has 0 aliphatic heterocycles. The minimum Gasteiger partial charge on any atom is -0.497 e. The maximum atomic E-state index is 5.99. The van der Waals surface area contributed by atoms with Crippen molar-refractivity contribution in [3.63, 3.8) is 0 Å². The Hall–Kier alpha value is -2.05. The smallest absolute Gasteiger partial charge is 0.214 e. The SMILES string of the molecule is COc1ccc(-n2nnnc2SCc2cccc(Cl)c2)cc1. The van der Waals surface area contributed by atoms with Gasteiger partial charge >= 0.3 is 0 Å². The van der Waals surface area contributed by atoms with Crippen molar-refractivity contribution in [2.75, 3.05) is 7.11 Å². The summed E-state index contributed by atoms with van der Waals surface area (Å²) in [5.41, 5.74) is 2.01. The largest absolute Gasteiger partial charge is 0.497 e. The van der Waals surface area contributed by atoms with Gasteiger partial charge in [0.05, 0.1) is 12.8 Å². The van der Waals surface area contributed by atoms with Crippen LogP contribution in [-0.4, -0.2) is 27.3 Å². The van der Waals surface area contributed by atoms with Crippen LogP contribution in [0.3, 0.4) is 0 Å². The average Bonchev–Trinajstić information content (AvgIpc) is 3.01. The lowest BCUT2D eigenvalue weighted by molar-refractivity contribution is 0.414. The fourth-order valence-electron chi connectivity index (χ4n) is 1.93. The minimum atomic E-state index is 0.727. The van der Waals surface area contributed by atoms with Crippen molar-refractivity contribution in [1.29, 1.82) is 0 Å². The van der Waals surface area contributed by atoms with E-state index in [-0.39, 0.29) is 0 Å². The molecule has 3 aromatic rings. The molecule has 0 saturated heterocycles. The summed E-state index contributed by atoms with van der Waals surface area (Å²) in [5.74, 6) is 1.54. The van der Waals surface area contributed by atoms with Crippen molar-refractivity contribution in [1.82, 2.24) is 20.2 Å². The van der Waals surface area contributed by atoms with Crippen molar-refractivity contribution in [3.05, 3.63) is 59.1 Å². The molecule has 0 unspecified atom stereocenters. The van der Waals surface area contributed by atoms with E-state index in [2.05, 4.69) is 15.5 Å². The molecule has 7 heteroatoms. The second-order valence-corrected chi connectivity index (χ2v) is 5.87. The monoisotopic (exact) mass is 332 g/mol. The van der Waals surface area contributed by atoms with Crippen molar-refractivity contribution < 1.29 is 4.74 Å². The van der Waals surface area contributed by atoms with Gasteiger partial charge in [0, 0.05) is 10.8 Å². The Morgan fingerprint density at radius 2 is 2.00 bits per heavy atom. The third kappa shape index (κ3) is 3.40. The molecule has 0 radical (unpaired) electrons. The van der Waals surface area contributed by atoms with Crippen LogP contribution in [-0.2, 0) is 5.75 Å². The molecule has 112 valence electrons. The van der Waals surface area contributed by atoms with Crippen molar-refractivity contribution in [2.24, 2.45) is 0 Å². The van der Waals surface area contributed by atoms with E-state index in [0.717, 1.165) is 32.9 Å². The van der Waals surface area contributed by atoms with Crippen LogP contribution in [0.25, 0.3) is 5.69 Å². The molecule has 0 spiro atoms. The summed E-state index contributed by atoms with van der Waals surface area (Å²) in [4.78, 5) is 0. The number of hydrogen-bond acceptors (Lipinski definition) is 5. The van der Waals surface area contributed by atoms with E-state index in [1.807, 2.05) is 48.5 Å². The van der Waals surface area contributed by atoms with E-state index < -0.39 is 0 Å². The van der Waals surface area contributed by atoms with Crippen LogP contribution in [0.2, 0.25) is 5.02 Å². The summed E-state index contributed by atoms with van der Waals surface area (Å²) >= 11 is 7.55. The van der Waals surface area contributed by atoms with Gasteiger partial charge in [-0.1, -0.05) is 35.5 Å². The molecule has 0 atom stereocenters. The maximum absolute atomic E-state index is 5.99. The summed E-state index contributed by atoms with van der Waals surface area (Å²) in [6.45, 7) is 0. The zero-order valence-corrected chi connectivity index (χ0v) is 13.4. The molecule has 1 heterocycles. The van der Waals surface area contributed by atoms with Crippen LogP contribution in [0, 0.1) is 0 Å². The Balaban J connectivity index is 1.76. The topological polar surface area (TPSA) is 52.8 Å². The number of rotatable bonds is 5. The van der Waals surface area contributed by atoms with Gasteiger partial charge in [-0.2, -0.15) is 4.68 Å². The van der Waals surface area contributed by atoms with E-state index >= 15 is 0 Å². The third-order valence-electron chi connectivity index (χ3n) is 3.01. The molecule has 1 aromatic heterocycles. The summed E-state index contributed by atoms with van der Waals surface area (Å²) in [6, 6.07) is 15.3. The Kier molecular flexibility index (Phi) is 4.60. The molecule has 5 nitrogen and oxygen atoms in total. The molecule has 0 amide bonds. The first-order valence-corrected chi connectivity index (χ1v) is 7.92. The summed E-state index contributed by atoms with van der Waals surface area (Å²) in [5, 5.41) is 13.3. The molecular weight excluding hydrogens is 320 g/mol. The molecule has 0 saturated carbocycles. The number of hydrogen-bond donors (Lipinski definition) is 0. The Labute approximate surface area is 137 Å². The molecule has 0 aliphatic carbocycles. The second kappa shape index (κ2) is 6.81. The molecular formula is C15H13ClN4OS. The lowest BCUT2D eigenvalue weighted by Crippen LogP contribution is -1.99. The van der Waals surface area contributed by atoms with Gasteiger partial charge in [0.15, 0.2) is 0 Å². The van der Waals surface area contributed by atoms with E-state index in [1.54, 1.807) is 23.6 Å². The highest BCUT2D eigenvalue weighted by Crippen LogP contribution is 2.24. The second-order valence-electron chi connectivity index (χ2n) is 4.49. The quantitative estimate of drug-likeness (QED) is 0.668. The highest BCUT2D eigenvalue weighted by molar-refractivity contribution is 7.98. The van der Waals surface area contributed by atoms with E-state index in [4.69, 9.17) is 16.3 Å². The van der Waals surface area contributed by atoms with Crippen molar-refractivity contribution >= 4 is 23.4 Å². The molecule has 3 rings (SSSR count). The standard InChI is InChI=1S/C15H13ClN4OS/c1-21-14-7-5-13(6-8-14)20-15(17-18-19-20)22-10-11-3-2-4-12(16)9-11/h2-9H,10H2,1H3. The number of benzene rings is 2. The first kappa shape index (κ1) is 14.9. The summed E-state index contributed by atoms with van der Waals surface area (Å²) in [6.07, 6.45) is 0. The van der Waals surface area contributed by atoms with Gasteiger partial charge < -0.3 is 4.74 Å². The normalized spacial score (nSPS) is 10.6. The predicted molar refractivity (Wildman–Crippen MR) is 86.7 cm³/mol. The average molecular weight is 333 g/mol. The molecule has 2 aromatic carbocycles. The fourth-order valence-corrected chi connectivity index (χ4v) is 2.98. The molecule has 0 N–H and O–H groups in total. The zero-order chi connectivity index (χ0) is 15.4. The number of halogens is 1. The van der Waals surface area contributed by atoms with Crippen LogP contribution in [0.15, 0.2) is 53.7 Å². The van der Waals surface area contributed by atoms with Crippen molar-refractivity contribution in [2.45, 2.75) is 10.9 Å². The van der Waals surface area contributed by atoms with Gasteiger partial charge in [0.2, 0.25) is 5.16 Å². The molecule has 0 fully saturated rings. The summed E-state index contributed by atoms with van der Waals surface area (Å²) in [7, 11) is 1.64. The van der Waals surface area contributed by atoms with Crippen LogP contribution < -0.4 is 4.74 Å². The van der Waals surface area contributed by atoms with Gasteiger partial charge in [-0.05, 0) is 52.4 Å². The van der Waals surface area contributed by atoms with Gasteiger partial charge in [0.25, 0.3) is 0 Å². The van der Waals surface area contributed by atoms with Gasteiger partial charge in [0.1, 0.15) is 5.75 Å². The van der Waals surface area contributed by atoms with Crippen LogP contribution in [0.5, 0.6) is 5.75 Å². The van der Waals surface area contributed by atoms with Crippen LogP contribution >= 0.6 is 23.4 Å². The highest BCUT2D eigenvalue weighted by Gasteiger charge is 2.09. The Morgan fingerprint density at radius 1 is 1.18 bits per heavy atom. The lowest BCUT2D eigenvalue weighted by atomic mass is 10.2. The van der Waals surface area contributed by atoms with Gasteiger partial charge in [-0.25, -0.2) is 0 Å². The molecule has 0 aliphatic rings. The van der Waals surface area contributed by atoms with Gasteiger partial charge in [-0.15, -0.1) is 5.10 Å². The number of nitrogens with zero attached hydrogens (tertiary/aromatic N) is 4. The van der Waals surface area contributed by atoms with E-state index in [1.165, 1.54) is 0 Å². The number of tetrazole rings is 1. The lowest BCUT2D eigenvalue weighted by Gasteiger charge is -2.05. The van der Waals surface area contributed by atoms with E-state index in [9.17, 15) is 0 Å². The number of aromatic nitrogens is 4. The summed E-state index contributed by atoms with van der Waals surface area (Å²) < 4.78 is 6.86. The number of thioether (sulfide) groups is 1. The fraction of sp³-hybridized carbons (Fsp3) is 0.133. The number of ether oxygens (including phenoxy) is 1. The maximum Gasteiger partial charge on any atom is 0.214 e. The van der Waals surface area contributed by atoms with E-state index in [0.29, 0.717) is 0 Å². The first-order chi connectivity index (χ1) is 10.8. The van der Waals surface area contributed by atoms with Crippen LogP contribution in [0.4, 0.5) is 0 Å². The number of methoxy groups -OCH3 is 1. The molecule has 22 heavy (non-hydrogen) atoms. The zero-order valence-electron chi connectivity index (χ0n) is 11.8. The Morgan fingerprint density at radius 3 is 2.73 bits per heavy atom. The molecule has 0 bridgehead atoms.